The zero-order valence-corrected chi connectivity index (χ0v) is 27.6. The van der Waals surface area contributed by atoms with Crippen molar-refractivity contribution in [2.45, 2.75) is 45.4 Å². The number of nitrogens with one attached hydrogen (secondary N) is 2. The monoisotopic (exact) mass is 608 g/mol. The van der Waals surface area contributed by atoms with Crippen LogP contribution in [-0.4, -0.2) is 78.2 Å². The lowest BCUT2D eigenvalue weighted by Crippen LogP contribution is -2.40. The summed E-state index contributed by atoms with van der Waals surface area (Å²) in [6, 6.07) is 23.9. The number of carbonyl (C=O) groups excluding carboxylic acids is 1. The van der Waals surface area contributed by atoms with Crippen molar-refractivity contribution in [1.29, 1.82) is 0 Å². The number of ether oxygens (including phenoxy) is 2. The lowest BCUT2D eigenvalue weighted by atomic mass is 10.1. The number of pyridine rings is 2. The molecule has 4 heterocycles. The second-order valence-electron chi connectivity index (χ2n) is 13.2. The molecule has 45 heavy (non-hydrogen) atoms. The number of anilines is 2. The maximum absolute atomic E-state index is 12.1. The van der Waals surface area contributed by atoms with Crippen molar-refractivity contribution in [2.24, 2.45) is 0 Å². The summed E-state index contributed by atoms with van der Waals surface area (Å²) < 4.78 is 11.9. The Labute approximate surface area is 266 Å². The average Bonchev–Trinajstić information content (AvgIpc) is 2.99. The summed E-state index contributed by atoms with van der Waals surface area (Å²) in [6.45, 7) is 10.6. The van der Waals surface area contributed by atoms with Crippen molar-refractivity contribution in [1.82, 2.24) is 19.8 Å². The van der Waals surface area contributed by atoms with Crippen LogP contribution in [0.4, 0.5) is 11.6 Å². The second kappa shape index (κ2) is 12.8. The van der Waals surface area contributed by atoms with E-state index in [9.17, 15) is 4.79 Å². The summed E-state index contributed by atoms with van der Waals surface area (Å²) in [5.41, 5.74) is 5.32. The van der Waals surface area contributed by atoms with Gasteiger partial charge in [-0.3, -0.25) is 4.79 Å². The van der Waals surface area contributed by atoms with E-state index in [0.717, 1.165) is 58.7 Å². The highest BCUT2D eigenvalue weighted by Gasteiger charge is 2.28. The predicted octanol–water partition coefficient (Wildman–Crippen LogP) is 6.43. The molecule has 4 aromatic rings. The minimum Gasteiger partial charge on any atom is -0.482 e. The molecule has 236 valence electrons. The molecule has 2 aromatic carbocycles. The van der Waals surface area contributed by atoms with E-state index in [2.05, 4.69) is 72.7 Å². The van der Waals surface area contributed by atoms with E-state index >= 15 is 0 Å². The molecule has 2 N–H and O–H groups in total. The Hall–Kier alpha value is -4.63. The van der Waals surface area contributed by atoms with Gasteiger partial charge in [-0.15, -0.1) is 0 Å². The molecule has 2 aliphatic rings. The molecule has 6 rings (SSSR count). The number of rotatable bonds is 5. The maximum atomic E-state index is 12.1. The molecule has 0 radical (unpaired) electrons. The summed E-state index contributed by atoms with van der Waals surface area (Å²) >= 11 is 0. The molecule has 1 amide bonds. The highest BCUT2D eigenvalue weighted by Crippen LogP contribution is 2.35. The van der Waals surface area contributed by atoms with E-state index in [0.29, 0.717) is 12.1 Å². The van der Waals surface area contributed by atoms with Crippen LogP contribution in [0.3, 0.4) is 0 Å². The molecule has 0 aliphatic carbocycles. The Kier molecular flexibility index (Phi) is 9.02. The van der Waals surface area contributed by atoms with Gasteiger partial charge < -0.3 is 29.9 Å². The van der Waals surface area contributed by atoms with Crippen molar-refractivity contribution < 1.29 is 14.3 Å². The van der Waals surface area contributed by atoms with Gasteiger partial charge in [0.25, 0.3) is 5.91 Å². The van der Waals surface area contributed by atoms with Gasteiger partial charge in [0.05, 0.1) is 24.5 Å². The first-order chi connectivity index (χ1) is 21.3. The van der Waals surface area contributed by atoms with Gasteiger partial charge in [-0.1, -0.05) is 30.3 Å². The quantitative estimate of drug-likeness (QED) is 0.268. The fourth-order valence-electron chi connectivity index (χ4n) is 5.16. The van der Waals surface area contributed by atoms with Gasteiger partial charge in [0.1, 0.15) is 11.2 Å². The van der Waals surface area contributed by atoms with Crippen molar-refractivity contribution in [3.8, 4) is 34.0 Å². The number of hydrogen-bond acceptors (Lipinski definition) is 8. The predicted molar refractivity (Wildman–Crippen MR) is 181 cm³/mol. The summed E-state index contributed by atoms with van der Waals surface area (Å²) in [5, 5.41) is 6.67. The first-order valence-electron chi connectivity index (χ1n) is 15.2. The van der Waals surface area contributed by atoms with Crippen LogP contribution in [0.25, 0.3) is 22.5 Å². The van der Waals surface area contributed by atoms with Crippen molar-refractivity contribution >= 4 is 17.5 Å². The third-order valence-electron chi connectivity index (χ3n) is 7.39. The number of aromatic nitrogens is 2. The van der Waals surface area contributed by atoms with Crippen molar-refractivity contribution in [3.63, 3.8) is 0 Å². The van der Waals surface area contributed by atoms with Gasteiger partial charge in [-0.25, -0.2) is 9.97 Å². The molecule has 0 saturated heterocycles. The molecule has 2 aliphatic heterocycles. The lowest BCUT2D eigenvalue weighted by Gasteiger charge is -2.32. The number of fused-ring (bicyclic) bond motifs is 2. The van der Waals surface area contributed by atoms with Crippen LogP contribution in [0, 0.1) is 0 Å². The number of hydrogen-bond donors (Lipinski definition) is 2. The molecule has 0 spiro atoms. The maximum Gasteiger partial charge on any atom is 0.253 e. The molecular formula is C36H44N6O3. The summed E-state index contributed by atoms with van der Waals surface area (Å²) in [4.78, 5) is 25.2. The third-order valence-corrected chi connectivity index (χ3v) is 7.39. The van der Waals surface area contributed by atoms with E-state index in [1.165, 1.54) is 5.56 Å². The molecule has 9 nitrogen and oxygen atoms in total. The molecule has 0 atom stereocenters. The number of carbonyl (C=O) groups is 1. The molecule has 0 bridgehead atoms. The SMILES string of the molecule is CN(C)C(=O)c1cccc(-c2ccc3c(n2)NCC(C)(C)O3)c1.CN(C)Cc1cccc(-c2ccc3c(n2)NCC(C)(C)O3)c1. The second-order valence-corrected chi connectivity index (χ2v) is 13.2. The number of benzene rings is 2. The first-order valence-corrected chi connectivity index (χ1v) is 15.2. The topological polar surface area (TPSA) is 91.9 Å². The van der Waals surface area contributed by atoms with Crippen LogP contribution >= 0.6 is 0 Å². The van der Waals surface area contributed by atoms with Gasteiger partial charge in [0, 0.05) is 37.3 Å². The zero-order valence-electron chi connectivity index (χ0n) is 27.6. The largest absolute Gasteiger partial charge is 0.482 e. The van der Waals surface area contributed by atoms with E-state index in [4.69, 9.17) is 14.5 Å². The Bertz CT molecular complexity index is 1680. The average molecular weight is 609 g/mol. The van der Waals surface area contributed by atoms with Crippen molar-refractivity contribution in [3.05, 3.63) is 83.9 Å². The van der Waals surface area contributed by atoms with Gasteiger partial charge in [0.2, 0.25) is 0 Å². The summed E-state index contributed by atoms with van der Waals surface area (Å²) in [7, 11) is 7.64. The van der Waals surface area contributed by atoms with Gasteiger partial charge in [-0.2, -0.15) is 0 Å². The number of nitrogens with zero attached hydrogens (tertiary/aromatic N) is 4. The van der Waals surface area contributed by atoms with E-state index in [-0.39, 0.29) is 17.1 Å². The van der Waals surface area contributed by atoms with Crippen LogP contribution in [0.5, 0.6) is 11.5 Å². The van der Waals surface area contributed by atoms with Crippen LogP contribution in [-0.2, 0) is 6.54 Å². The van der Waals surface area contributed by atoms with E-state index < -0.39 is 0 Å². The Morgan fingerprint density at radius 1 is 0.733 bits per heavy atom. The van der Waals surface area contributed by atoms with Crippen LogP contribution < -0.4 is 20.1 Å². The lowest BCUT2D eigenvalue weighted by molar-refractivity contribution is 0.0827. The standard InChI is InChI=1S/C18H21N3O2.C18H23N3O/c1-18(2)11-19-16-15(23-18)9-8-14(20-16)12-6-5-7-13(10-12)17(22)21(3)4;1-18(2)12-19-17-16(22-18)9-8-15(20-17)14-7-5-6-13(10-14)11-21(3)4/h5-10H,11H2,1-4H3,(H,19,20);5-10H,11-12H2,1-4H3,(H,19,20). The van der Waals surface area contributed by atoms with Crippen LogP contribution in [0.1, 0.15) is 43.6 Å². The minimum absolute atomic E-state index is 0.0204. The van der Waals surface area contributed by atoms with Gasteiger partial charge in [-0.05, 0) is 89.8 Å². The smallest absolute Gasteiger partial charge is 0.253 e. The Balaban J connectivity index is 0.000000178. The van der Waals surface area contributed by atoms with Gasteiger partial charge >= 0.3 is 0 Å². The minimum atomic E-state index is -0.242. The van der Waals surface area contributed by atoms with Crippen LogP contribution in [0.15, 0.2) is 72.8 Å². The molecule has 9 heteroatoms. The van der Waals surface area contributed by atoms with Gasteiger partial charge in [0.15, 0.2) is 23.1 Å². The Morgan fingerprint density at radius 2 is 1.24 bits per heavy atom. The highest BCUT2D eigenvalue weighted by molar-refractivity contribution is 5.95. The molecule has 0 saturated carbocycles. The molecule has 0 fully saturated rings. The Morgan fingerprint density at radius 3 is 1.76 bits per heavy atom. The van der Waals surface area contributed by atoms with E-state index in [1.54, 1.807) is 19.0 Å². The summed E-state index contributed by atoms with van der Waals surface area (Å²) in [6.07, 6.45) is 0. The molecule has 2 aromatic heterocycles. The van der Waals surface area contributed by atoms with Crippen molar-refractivity contribution in [2.75, 3.05) is 51.9 Å². The first kappa shape index (κ1) is 31.8. The summed E-state index contributed by atoms with van der Waals surface area (Å²) in [5.74, 6) is 3.13. The highest BCUT2D eigenvalue weighted by atomic mass is 16.5. The zero-order chi connectivity index (χ0) is 32.4. The molecular weight excluding hydrogens is 564 g/mol. The van der Waals surface area contributed by atoms with E-state index in [1.807, 2.05) is 62.4 Å². The molecule has 0 unspecified atom stereocenters. The third kappa shape index (κ3) is 7.91. The number of amides is 1. The fourth-order valence-corrected chi connectivity index (χ4v) is 5.16. The normalized spacial score (nSPS) is 15.5. The fraction of sp³-hybridized carbons (Fsp3) is 0.361. The van der Waals surface area contributed by atoms with Crippen LogP contribution in [0.2, 0.25) is 0 Å².